The van der Waals surface area contributed by atoms with E-state index in [1.54, 1.807) is 0 Å². The number of rotatable bonds is 14. The normalized spacial score (nSPS) is 27.5. The standard InChI is InChI=1S/C20H37N2O14P/c1-4-34-19(30)13(9(2)35-20-17(28)16(27)15(26)10(3)36-20)22-18(29)14(11(24)8-23)21-12(25)6-5-7-37(31,32)33/h9-11,13-17,20,23-24,26-28H,4-8H2,1-3H3,(H,21,25)(H,22,29)(H2,31,32,33)/t9-,10+,11+,13+,14+,15-,16-,17+,20-/m1/s1. The Labute approximate surface area is 213 Å². The lowest BCUT2D eigenvalue weighted by molar-refractivity contribution is -0.304. The molecule has 0 aromatic heterocycles. The molecule has 0 radical (unpaired) electrons. The Balaban J connectivity index is 2.98. The van der Waals surface area contributed by atoms with E-state index >= 15 is 0 Å². The predicted octanol–water partition coefficient (Wildman–Crippen LogP) is -3.94. The summed E-state index contributed by atoms with van der Waals surface area (Å²) in [6.45, 7) is 3.15. The van der Waals surface area contributed by atoms with E-state index in [9.17, 15) is 44.5 Å². The van der Waals surface area contributed by atoms with Crippen molar-refractivity contribution in [2.24, 2.45) is 0 Å². The average molecular weight is 560 g/mol. The van der Waals surface area contributed by atoms with Gasteiger partial charge in [0.1, 0.15) is 30.5 Å². The maximum absolute atomic E-state index is 12.9. The van der Waals surface area contributed by atoms with Gasteiger partial charge in [-0.2, -0.15) is 0 Å². The summed E-state index contributed by atoms with van der Waals surface area (Å²) in [6.07, 6.45) is -11.5. The van der Waals surface area contributed by atoms with Crippen molar-refractivity contribution in [2.45, 2.75) is 88.6 Å². The van der Waals surface area contributed by atoms with Gasteiger partial charge in [-0.1, -0.05) is 0 Å². The van der Waals surface area contributed by atoms with E-state index in [-0.39, 0.29) is 13.0 Å². The summed E-state index contributed by atoms with van der Waals surface area (Å²) >= 11 is 0. The van der Waals surface area contributed by atoms with Gasteiger partial charge >= 0.3 is 13.6 Å². The fraction of sp³-hybridized carbons (Fsp3) is 0.850. The first-order chi connectivity index (χ1) is 17.1. The zero-order valence-corrected chi connectivity index (χ0v) is 21.6. The van der Waals surface area contributed by atoms with Crippen molar-refractivity contribution in [1.29, 1.82) is 0 Å². The highest BCUT2D eigenvalue weighted by molar-refractivity contribution is 7.51. The highest BCUT2D eigenvalue weighted by Gasteiger charge is 2.44. The van der Waals surface area contributed by atoms with Gasteiger partial charge in [0, 0.05) is 6.42 Å². The van der Waals surface area contributed by atoms with E-state index in [1.165, 1.54) is 20.8 Å². The lowest BCUT2D eigenvalue weighted by Crippen LogP contribution is -2.61. The van der Waals surface area contributed by atoms with Gasteiger partial charge < -0.3 is 60.2 Å². The van der Waals surface area contributed by atoms with Crippen LogP contribution in [0.4, 0.5) is 0 Å². The molecule has 0 unspecified atom stereocenters. The molecule has 0 aromatic carbocycles. The fourth-order valence-electron chi connectivity index (χ4n) is 3.39. The monoisotopic (exact) mass is 560 g/mol. The summed E-state index contributed by atoms with van der Waals surface area (Å²) in [5.74, 6) is -2.99. The smallest absolute Gasteiger partial charge is 0.331 e. The van der Waals surface area contributed by atoms with Gasteiger partial charge in [-0.15, -0.1) is 0 Å². The molecular weight excluding hydrogens is 523 g/mol. The molecule has 0 bridgehead atoms. The van der Waals surface area contributed by atoms with Crippen LogP contribution < -0.4 is 10.6 Å². The molecule has 1 rings (SSSR count). The molecule has 1 aliphatic heterocycles. The molecule has 1 heterocycles. The Bertz CT molecular complexity index is 810. The first-order valence-electron chi connectivity index (χ1n) is 11.6. The number of carbonyl (C=O) groups excluding carboxylic acids is 3. The summed E-state index contributed by atoms with van der Waals surface area (Å²) in [6, 6.07) is -3.35. The minimum absolute atomic E-state index is 0.0958. The second-order valence-electron chi connectivity index (χ2n) is 8.55. The predicted molar refractivity (Wildman–Crippen MR) is 123 cm³/mol. The minimum Gasteiger partial charge on any atom is -0.464 e. The molecule has 1 saturated heterocycles. The molecule has 16 nitrogen and oxygen atoms in total. The van der Waals surface area contributed by atoms with Crippen molar-refractivity contribution in [3.05, 3.63) is 0 Å². The number of ether oxygens (including phenoxy) is 3. The number of hydrogen-bond donors (Lipinski definition) is 9. The molecule has 0 aliphatic carbocycles. The third-order valence-corrected chi connectivity index (χ3v) is 6.39. The summed E-state index contributed by atoms with van der Waals surface area (Å²) in [7, 11) is -4.35. The maximum atomic E-state index is 12.9. The fourth-order valence-corrected chi connectivity index (χ4v) is 3.96. The number of aliphatic hydroxyl groups is 5. The molecule has 0 aromatic rings. The number of carbonyl (C=O) groups is 3. The van der Waals surface area contributed by atoms with Crippen LogP contribution >= 0.6 is 7.60 Å². The number of hydrogen-bond acceptors (Lipinski definition) is 12. The largest absolute Gasteiger partial charge is 0.464 e. The van der Waals surface area contributed by atoms with Crippen molar-refractivity contribution < 1.29 is 68.5 Å². The number of amides is 2. The Kier molecular flexibility index (Phi) is 13.5. The third-order valence-electron chi connectivity index (χ3n) is 5.49. The Morgan fingerprint density at radius 1 is 1.05 bits per heavy atom. The Hall–Kier alpha value is -1.72. The Morgan fingerprint density at radius 2 is 1.68 bits per heavy atom. The molecule has 0 spiro atoms. The molecule has 1 aliphatic rings. The molecule has 9 N–H and O–H groups in total. The van der Waals surface area contributed by atoms with Crippen LogP contribution in [-0.4, -0.2) is 127 Å². The summed E-state index contributed by atoms with van der Waals surface area (Å²) in [5, 5.41) is 53.7. The molecular formula is C20H37N2O14P. The Morgan fingerprint density at radius 3 is 2.22 bits per heavy atom. The van der Waals surface area contributed by atoms with E-state index in [2.05, 4.69) is 10.6 Å². The number of aliphatic hydroxyl groups excluding tert-OH is 5. The van der Waals surface area contributed by atoms with Crippen molar-refractivity contribution in [3.63, 3.8) is 0 Å². The lowest BCUT2D eigenvalue weighted by Gasteiger charge is -2.40. The van der Waals surface area contributed by atoms with E-state index in [4.69, 9.17) is 24.0 Å². The highest BCUT2D eigenvalue weighted by atomic mass is 31.2. The minimum atomic E-state index is -4.35. The van der Waals surface area contributed by atoms with Gasteiger partial charge in [0.2, 0.25) is 11.8 Å². The van der Waals surface area contributed by atoms with Crippen molar-refractivity contribution in [1.82, 2.24) is 10.6 Å². The average Bonchev–Trinajstić information content (AvgIpc) is 2.81. The van der Waals surface area contributed by atoms with E-state index in [0.29, 0.717) is 0 Å². The first kappa shape index (κ1) is 33.3. The summed E-state index contributed by atoms with van der Waals surface area (Å²) in [4.78, 5) is 55.4. The topological polar surface area (TPSA) is 262 Å². The van der Waals surface area contributed by atoms with Crippen LogP contribution in [0, 0.1) is 0 Å². The molecule has 17 heteroatoms. The number of nitrogens with one attached hydrogen (secondary N) is 2. The molecule has 216 valence electrons. The van der Waals surface area contributed by atoms with Gasteiger partial charge in [-0.25, -0.2) is 4.79 Å². The van der Waals surface area contributed by atoms with Crippen molar-refractivity contribution in [2.75, 3.05) is 19.4 Å². The van der Waals surface area contributed by atoms with Crippen LogP contribution in [0.3, 0.4) is 0 Å². The van der Waals surface area contributed by atoms with Crippen LogP contribution in [0.1, 0.15) is 33.6 Å². The zero-order valence-electron chi connectivity index (χ0n) is 20.7. The maximum Gasteiger partial charge on any atom is 0.331 e. The SMILES string of the molecule is CCOC(=O)[C@@H](NC(=O)[C@@H](NC(=O)CCCP(=O)(O)O)[C@@H](O)CO)[C@@H](C)O[C@@H]1O[C@@H](C)[C@@H](O)[C@@H](O)[C@@H]1O. The quantitative estimate of drug-likeness (QED) is 0.0726. The van der Waals surface area contributed by atoms with Gasteiger partial charge in [-0.3, -0.25) is 14.2 Å². The molecule has 0 saturated carbocycles. The van der Waals surface area contributed by atoms with Gasteiger partial charge in [0.25, 0.3) is 0 Å². The van der Waals surface area contributed by atoms with Gasteiger partial charge in [-0.05, 0) is 27.2 Å². The number of esters is 1. The molecule has 37 heavy (non-hydrogen) atoms. The molecule has 9 atom stereocenters. The van der Waals surface area contributed by atoms with Crippen LogP contribution in [-0.2, 0) is 33.2 Å². The van der Waals surface area contributed by atoms with E-state index in [1.807, 2.05) is 0 Å². The van der Waals surface area contributed by atoms with Crippen LogP contribution in [0.2, 0.25) is 0 Å². The van der Waals surface area contributed by atoms with Crippen LogP contribution in [0.5, 0.6) is 0 Å². The van der Waals surface area contributed by atoms with E-state index < -0.39 is 99.6 Å². The van der Waals surface area contributed by atoms with Crippen LogP contribution in [0.25, 0.3) is 0 Å². The van der Waals surface area contributed by atoms with E-state index in [0.717, 1.165) is 0 Å². The molecule has 2 amide bonds. The lowest BCUT2D eigenvalue weighted by atomic mass is 10.00. The third kappa shape index (κ3) is 10.5. The second-order valence-corrected chi connectivity index (χ2v) is 10.3. The summed E-state index contributed by atoms with van der Waals surface area (Å²) in [5.41, 5.74) is 0. The highest BCUT2D eigenvalue weighted by Crippen LogP contribution is 2.35. The second kappa shape index (κ2) is 15.0. The first-order valence-corrected chi connectivity index (χ1v) is 13.4. The van der Waals surface area contributed by atoms with Crippen molar-refractivity contribution in [3.8, 4) is 0 Å². The van der Waals surface area contributed by atoms with Crippen molar-refractivity contribution >= 4 is 25.4 Å². The zero-order chi connectivity index (χ0) is 28.5. The summed E-state index contributed by atoms with van der Waals surface area (Å²) < 4.78 is 26.7. The van der Waals surface area contributed by atoms with Crippen LogP contribution in [0.15, 0.2) is 0 Å². The molecule has 1 fully saturated rings. The van der Waals surface area contributed by atoms with Gasteiger partial charge in [0.15, 0.2) is 12.3 Å². The van der Waals surface area contributed by atoms with Gasteiger partial charge in [0.05, 0.1) is 31.6 Å².